The summed E-state index contributed by atoms with van der Waals surface area (Å²) in [4.78, 5) is 41.5. The van der Waals surface area contributed by atoms with E-state index in [1.807, 2.05) is 50.8 Å². The average Bonchev–Trinajstić information content (AvgIpc) is 2.84. The first-order valence-corrected chi connectivity index (χ1v) is 12.0. The number of amides is 2. The molecule has 1 fully saturated rings. The molecule has 2 amide bonds. The van der Waals surface area contributed by atoms with Crippen molar-refractivity contribution in [2.45, 2.75) is 33.7 Å². The molecule has 4 rings (SSSR count). The molecule has 0 saturated carbocycles. The minimum Gasteiger partial charge on any atom is -0.494 e. The molecular formula is C25H32N6O4. The lowest BCUT2D eigenvalue weighted by Gasteiger charge is -2.35. The highest BCUT2D eigenvalue weighted by atomic mass is 16.5. The molecule has 186 valence electrons. The third kappa shape index (κ3) is 5.47. The predicted octanol–water partition coefficient (Wildman–Crippen LogP) is 3.02. The smallest absolute Gasteiger partial charge is 0.317 e. The first-order valence-electron chi connectivity index (χ1n) is 12.0. The quantitative estimate of drug-likeness (QED) is 0.534. The van der Waals surface area contributed by atoms with Crippen LogP contribution in [0.25, 0.3) is 22.4 Å². The number of rotatable bonds is 7. The van der Waals surface area contributed by atoms with E-state index in [0.29, 0.717) is 73.3 Å². The van der Waals surface area contributed by atoms with Crippen molar-refractivity contribution in [1.82, 2.24) is 25.2 Å². The largest absolute Gasteiger partial charge is 0.494 e. The maximum atomic E-state index is 13.0. The van der Waals surface area contributed by atoms with E-state index >= 15 is 0 Å². The summed E-state index contributed by atoms with van der Waals surface area (Å²) in [6, 6.07) is 9.14. The Morgan fingerprint density at radius 3 is 2.51 bits per heavy atom. The van der Waals surface area contributed by atoms with Crippen molar-refractivity contribution >= 4 is 22.8 Å². The Morgan fingerprint density at radius 2 is 1.83 bits per heavy atom. The molecule has 1 saturated heterocycles. The van der Waals surface area contributed by atoms with Crippen molar-refractivity contribution in [3.05, 3.63) is 40.7 Å². The highest BCUT2D eigenvalue weighted by Gasteiger charge is 2.23. The van der Waals surface area contributed by atoms with Crippen LogP contribution in [0.1, 0.15) is 27.7 Å². The maximum Gasteiger partial charge on any atom is 0.317 e. The second-order valence-electron chi connectivity index (χ2n) is 8.56. The number of hydrogen-bond acceptors (Lipinski definition) is 7. The lowest BCUT2D eigenvalue weighted by molar-refractivity contribution is 0.191. The number of nitrogens with zero attached hydrogens (tertiary/aromatic N) is 4. The van der Waals surface area contributed by atoms with Crippen molar-refractivity contribution in [2.24, 2.45) is 0 Å². The van der Waals surface area contributed by atoms with Crippen LogP contribution in [-0.4, -0.2) is 71.3 Å². The zero-order valence-electron chi connectivity index (χ0n) is 20.6. The van der Waals surface area contributed by atoms with Gasteiger partial charge in [0.05, 0.1) is 18.7 Å². The molecule has 1 aromatic carbocycles. The van der Waals surface area contributed by atoms with Gasteiger partial charge in [-0.15, -0.1) is 0 Å². The van der Waals surface area contributed by atoms with Gasteiger partial charge in [-0.1, -0.05) is 6.07 Å². The van der Waals surface area contributed by atoms with Gasteiger partial charge in [0.25, 0.3) is 5.56 Å². The fraction of sp³-hybridized carbons (Fsp3) is 0.440. The SMILES string of the molecule is CCOc1cc(OCC)c2c(=O)[nH]c(-c3cccc(N4CCN(C(=O)NC(C)C)CC4)n3)nc2c1. The van der Waals surface area contributed by atoms with Gasteiger partial charge in [-0.3, -0.25) is 4.79 Å². The number of ether oxygens (including phenoxy) is 2. The second kappa shape index (κ2) is 10.6. The summed E-state index contributed by atoms with van der Waals surface area (Å²) in [7, 11) is 0. The number of piperazine rings is 1. The molecule has 10 heteroatoms. The first-order chi connectivity index (χ1) is 16.9. The van der Waals surface area contributed by atoms with Crippen LogP contribution in [0.3, 0.4) is 0 Å². The average molecular weight is 481 g/mol. The van der Waals surface area contributed by atoms with Crippen molar-refractivity contribution in [1.29, 1.82) is 0 Å². The number of benzene rings is 1. The van der Waals surface area contributed by atoms with Crippen molar-refractivity contribution < 1.29 is 14.3 Å². The number of carbonyl (C=O) groups is 1. The van der Waals surface area contributed by atoms with E-state index < -0.39 is 0 Å². The molecule has 3 aromatic rings. The molecule has 2 N–H and O–H groups in total. The monoisotopic (exact) mass is 480 g/mol. The third-order valence-electron chi connectivity index (χ3n) is 5.64. The molecule has 10 nitrogen and oxygen atoms in total. The Hall–Kier alpha value is -3.82. The number of urea groups is 1. The zero-order chi connectivity index (χ0) is 24.9. The second-order valence-corrected chi connectivity index (χ2v) is 8.56. The van der Waals surface area contributed by atoms with Gasteiger partial charge < -0.3 is 29.6 Å². The lowest BCUT2D eigenvalue weighted by atomic mass is 10.2. The number of nitrogens with one attached hydrogen (secondary N) is 2. The summed E-state index contributed by atoms with van der Waals surface area (Å²) in [6.07, 6.45) is 0. The maximum absolute atomic E-state index is 13.0. The Morgan fingerprint density at radius 1 is 1.09 bits per heavy atom. The van der Waals surface area contributed by atoms with E-state index in [-0.39, 0.29) is 17.6 Å². The Kier molecular flexibility index (Phi) is 7.38. The molecule has 0 spiro atoms. The summed E-state index contributed by atoms with van der Waals surface area (Å²) >= 11 is 0. The Balaban J connectivity index is 1.60. The topological polar surface area (TPSA) is 113 Å². The molecule has 0 atom stereocenters. The van der Waals surface area contributed by atoms with Crippen LogP contribution in [0.15, 0.2) is 35.1 Å². The number of aromatic amines is 1. The minimum atomic E-state index is -0.298. The van der Waals surface area contributed by atoms with Gasteiger partial charge in [0.2, 0.25) is 0 Å². The third-order valence-corrected chi connectivity index (χ3v) is 5.64. The van der Waals surface area contributed by atoms with E-state index in [1.165, 1.54) is 0 Å². The number of H-pyrrole nitrogens is 1. The predicted molar refractivity (Wildman–Crippen MR) is 135 cm³/mol. The van der Waals surface area contributed by atoms with Crippen molar-refractivity contribution in [2.75, 3.05) is 44.3 Å². The summed E-state index contributed by atoms with van der Waals surface area (Å²) < 4.78 is 11.3. The van der Waals surface area contributed by atoms with Crippen LogP contribution in [0, 0.1) is 0 Å². The number of anilines is 1. The summed E-state index contributed by atoms with van der Waals surface area (Å²) in [5.74, 6) is 2.17. The number of aromatic nitrogens is 3. The van der Waals surface area contributed by atoms with E-state index in [9.17, 15) is 9.59 Å². The van der Waals surface area contributed by atoms with Crippen LogP contribution in [0.4, 0.5) is 10.6 Å². The fourth-order valence-corrected chi connectivity index (χ4v) is 4.06. The standard InChI is InChI=1S/C25H32N6O4/c1-5-34-17-14-19-22(20(15-17)35-6-2)24(32)29-23(28-19)18-8-7-9-21(27-18)30-10-12-31(13-11-30)25(33)26-16(3)4/h7-9,14-16H,5-6,10-13H2,1-4H3,(H,26,33)(H,28,29,32). The van der Waals surface area contributed by atoms with Gasteiger partial charge >= 0.3 is 6.03 Å². The van der Waals surface area contributed by atoms with Gasteiger partial charge in [0.1, 0.15) is 28.4 Å². The van der Waals surface area contributed by atoms with Crippen molar-refractivity contribution in [3.63, 3.8) is 0 Å². The Bertz CT molecular complexity index is 1250. The number of pyridine rings is 1. The number of hydrogen-bond donors (Lipinski definition) is 2. The fourth-order valence-electron chi connectivity index (χ4n) is 4.06. The molecule has 35 heavy (non-hydrogen) atoms. The van der Waals surface area contributed by atoms with Gasteiger partial charge in [-0.25, -0.2) is 14.8 Å². The molecule has 0 aliphatic carbocycles. The zero-order valence-corrected chi connectivity index (χ0v) is 20.6. The van der Waals surface area contributed by atoms with E-state index in [0.717, 1.165) is 5.82 Å². The molecule has 2 aromatic heterocycles. The molecule has 1 aliphatic rings. The van der Waals surface area contributed by atoms with Crippen molar-refractivity contribution in [3.8, 4) is 23.0 Å². The molecule has 3 heterocycles. The summed E-state index contributed by atoms with van der Waals surface area (Å²) in [5.41, 5.74) is 0.741. The molecule has 0 unspecified atom stereocenters. The van der Waals surface area contributed by atoms with Gasteiger partial charge in [0, 0.05) is 44.4 Å². The van der Waals surface area contributed by atoms with Gasteiger partial charge in [-0.05, 0) is 39.8 Å². The van der Waals surface area contributed by atoms with Crippen LogP contribution < -0.4 is 25.2 Å². The highest BCUT2D eigenvalue weighted by Crippen LogP contribution is 2.29. The molecule has 0 bridgehead atoms. The van der Waals surface area contributed by atoms with Crippen LogP contribution in [-0.2, 0) is 0 Å². The first kappa shape index (κ1) is 24.3. The van der Waals surface area contributed by atoms with E-state index in [4.69, 9.17) is 14.5 Å². The normalized spacial score (nSPS) is 13.9. The van der Waals surface area contributed by atoms with Crippen LogP contribution in [0.5, 0.6) is 11.5 Å². The molecular weight excluding hydrogens is 448 g/mol. The number of carbonyl (C=O) groups excluding carboxylic acids is 1. The lowest BCUT2D eigenvalue weighted by Crippen LogP contribution is -2.53. The minimum absolute atomic E-state index is 0.0443. The van der Waals surface area contributed by atoms with E-state index in [2.05, 4.69) is 20.2 Å². The Labute approximate surface area is 204 Å². The van der Waals surface area contributed by atoms with E-state index in [1.54, 1.807) is 12.1 Å². The molecule has 1 aliphatic heterocycles. The summed E-state index contributed by atoms with van der Waals surface area (Å²) in [5, 5.41) is 3.31. The van der Waals surface area contributed by atoms with Gasteiger partial charge in [0.15, 0.2) is 5.82 Å². The van der Waals surface area contributed by atoms with Crippen LogP contribution in [0.2, 0.25) is 0 Å². The van der Waals surface area contributed by atoms with Gasteiger partial charge in [-0.2, -0.15) is 0 Å². The molecule has 0 radical (unpaired) electrons. The highest BCUT2D eigenvalue weighted by molar-refractivity contribution is 5.87. The number of fused-ring (bicyclic) bond motifs is 1. The summed E-state index contributed by atoms with van der Waals surface area (Å²) in [6.45, 7) is 11.1. The van der Waals surface area contributed by atoms with Crippen LogP contribution >= 0.6 is 0 Å².